The number of hydrogen-bond acceptors (Lipinski definition) is 10. The van der Waals surface area contributed by atoms with E-state index in [1.165, 1.54) is 18.2 Å². The van der Waals surface area contributed by atoms with Gasteiger partial charge in [0.25, 0.3) is 5.91 Å². The molecular weight excluding hydrogens is 436 g/mol. The van der Waals surface area contributed by atoms with Crippen molar-refractivity contribution < 1.29 is 39.1 Å². The Morgan fingerprint density at radius 2 is 1.82 bits per heavy atom. The summed E-state index contributed by atoms with van der Waals surface area (Å²) < 4.78 is 16.1. The van der Waals surface area contributed by atoms with Gasteiger partial charge in [-0.05, 0) is 37.6 Å². The van der Waals surface area contributed by atoms with Crippen LogP contribution in [0.25, 0.3) is 11.0 Å². The van der Waals surface area contributed by atoms with Crippen LogP contribution in [0, 0.1) is 0 Å². The van der Waals surface area contributed by atoms with Gasteiger partial charge in [-0.1, -0.05) is 12.8 Å². The zero-order valence-electron chi connectivity index (χ0n) is 18.1. The second-order valence-electron chi connectivity index (χ2n) is 7.92. The second-order valence-corrected chi connectivity index (χ2v) is 7.92. The van der Waals surface area contributed by atoms with Crippen LogP contribution < -0.4 is 21.4 Å². The van der Waals surface area contributed by atoms with Gasteiger partial charge in [0.1, 0.15) is 41.3 Å². The molecule has 3 rings (SSSR count). The molecule has 0 saturated carbocycles. The normalized spacial score (nSPS) is 25.2. The van der Waals surface area contributed by atoms with E-state index in [0.717, 1.165) is 25.7 Å². The van der Waals surface area contributed by atoms with Crippen molar-refractivity contribution in [2.24, 2.45) is 5.73 Å². The number of nitrogens with one attached hydrogen (secondary N) is 1. The molecule has 1 aromatic carbocycles. The highest BCUT2D eigenvalue weighted by atomic mass is 16.7. The third kappa shape index (κ3) is 6.08. The van der Waals surface area contributed by atoms with Gasteiger partial charge in [0, 0.05) is 18.0 Å². The summed E-state index contributed by atoms with van der Waals surface area (Å²) in [4.78, 5) is 24.7. The molecule has 1 aliphatic heterocycles. The molecule has 5 unspecified atom stereocenters. The molecule has 0 bridgehead atoms. The smallest absolute Gasteiger partial charge is 0.349 e. The van der Waals surface area contributed by atoms with E-state index in [0.29, 0.717) is 18.5 Å². The quantitative estimate of drug-likeness (QED) is 0.192. The van der Waals surface area contributed by atoms with E-state index < -0.39 is 48.8 Å². The van der Waals surface area contributed by atoms with E-state index in [1.54, 1.807) is 6.07 Å². The Hall–Kier alpha value is -2.54. The Balaban J connectivity index is 1.68. The lowest BCUT2D eigenvalue weighted by Crippen LogP contribution is -2.60. The van der Waals surface area contributed by atoms with Gasteiger partial charge in [0.2, 0.25) is 6.29 Å². The second kappa shape index (κ2) is 11.5. The summed E-state index contributed by atoms with van der Waals surface area (Å²) in [6.45, 7) is 0.489. The van der Waals surface area contributed by atoms with Gasteiger partial charge in [0.05, 0.1) is 6.61 Å². The maximum absolute atomic E-state index is 12.4. The van der Waals surface area contributed by atoms with Gasteiger partial charge in [-0.25, -0.2) is 4.79 Å². The van der Waals surface area contributed by atoms with Crippen LogP contribution in [0.4, 0.5) is 0 Å². The molecule has 0 spiro atoms. The van der Waals surface area contributed by atoms with Crippen LogP contribution in [0.5, 0.6) is 5.75 Å². The zero-order chi connectivity index (χ0) is 24.0. The molecule has 7 N–H and O–H groups in total. The molecule has 1 aromatic heterocycles. The number of fused-ring (bicyclic) bond motifs is 1. The third-order valence-electron chi connectivity index (χ3n) is 5.47. The summed E-state index contributed by atoms with van der Waals surface area (Å²) in [5, 5.41) is 42.3. The van der Waals surface area contributed by atoms with Crippen molar-refractivity contribution in [3.8, 4) is 5.75 Å². The first-order chi connectivity index (χ1) is 15.8. The molecule has 2 heterocycles. The fraction of sp³-hybridized carbons (Fsp3) is 0.545. The topological polar surface area (TPSA) is 185 Å². The average Bonchev–Trinajstić information content (AvgIpc) is 2.81. The predicted octanol–water partition coefficient (Wildman–Crippen LogP) is -0.779. The molecule has 11 heteroatoms. The van der Waals surface area contributed by atoms with Gasteiger partial charge >= 0.3 is 5.63 Å². The van der Waals surface area contributed by atoms with Crippen LogP contribution in [0.1, 0.15) is 36.0 Å². The number of hydrogen-bond donors (Lipinski definition) is 6. The summed E-state index contributed by atoms with van der Waals surface area (Å²) >= 11 is 0. The zero-order valence-corrected chi connectivity index (χ0v) is 18.1. The SMILES string of the molecule is NCCCCCCNC(=O)c1cc2ccc(OC3OC(CO)C(O)C(O)C3O)cc2oc1=O. The van der Waals surface area contributed by atoms with Crippen LogP contribution >= 0.6 is 0 Å². The largest absolute Gasteiger partial charge is 0.462 e. The predicted molar refractivity (Wildman–Crippen MR) is 117 cm³/mol. The first kappa shape index (κ1) is 25.1. The average molecular weight is 466 g/mol. The van der Waals surface area contributed by atoms with E-state index in [1.807, 2.05) is 0 Å². The van der Waals surface area contributed by atoms with Crippen LogP contribution in [-0.2, 0) is 4.74 Å². The lowest BCUT2D eigenvalue weighted by atomic mass is 9.99. The third-order valence-corrected chi connectivity index (χ3v) is 5.47. The number of unbranched alkanes of at least 4 members (excludes halogenated alkanes) is 3. The van der Waals surface area contributed by atoms with Crippen molar-refractivity contribution in [2.75, 3.05) is 19.7 Å². The Kier molecular flexibility index (Phi) is 8.78. The number of carbonyl (C=O) groups excluding carboxylic acids is 1. The molecule has 1 fully saturated rings. The van der Waals surface area contributed by atoms with Crippen molar-refractivity contribution in [2.45, 2.75) is 56.4 Å². The fourth-order valence-corrected chi connectivity index (χ4v) is 3.54. The standard InChI is InChI=1S/C22H30N2O9/c23-7-3-1-2-4-8-24-20(29)14-9-12-5-6-13(10-15(12)32-21(14)30)31-22-19(28)18(27)17(26)16(11-25)33-22/h5-6,9-10,16-19,22,25-28H,1-4,7-8,11,23H2,(H,24,29). The molecule has 11 nitrogen and oxygen atoms in total. The fourth-order valence-electron chi connectivity index (χ4n) is 3.54. The number of carbonyl (C=O) groups is 1. The van der Waals surface area contributed by atoms with Crippen LogP contribution in [0.15, 0.2) is 33.5 Å². The summed E-state index contributed by atoms with van der Waals surface area (Å²) in [5.74, 6) is -0.379. The number of rotatable bonds is 10. The van der Waals surface area contributed by atoms with E-state index in [-0.39, 0.29) is 16.9 Å². The molecule has 1 amide bonds. The summed E-state index contributed by atoms with van der Waals surface area (Å²) in [7, 11) is 0. The van der Waals surface area contributed by atoms with Crippen molar-refractivity contribution >= 4 is 16.9 Å². The van der Waals surface area contributed by atoms with Crippen LogP contribution in [-0.4, -0.2) is 76.7 Å². The van der Waals surface area contributed by atoms with E-state index in [4.69, 9.17) is 19.6 Å². The van der Waals surface area contributed by atoms with Gasteiger partial charge in [-0.3, -0.25) is 4.79 Å². The first-order valence-corrected chi connectivity index (χ1v) is 10.9. The number of benzene rings is 1. The van der Waals surface area contributed by atoms with Crippen molar-refractivity contribution in [1.29, 1.82) is 0 Å². The minimum Gasteiger partial charge on any atom is -0.462 e. The summed E-state index contributed by atoms with van der Waals surface area (Å²) in [5.41, 5.74) is 4.65. The van der Waals surface area contributed by atoms with Crippen molar-refractivity contribution in [1.82, 2.24) is 5.32 Å². The maximum atomic E-state index is 12.4. The Labute approximate surface area is 189 Å². The molecule has 5 atom stereocenters. The van der Waals surface area contributed by atoms with Crippen LogP contribution in [0.3, 0.4) is 0 Å². The number of amides is 1. The van der Waals surface area contributed by atoms with Crippen molar-refractivity contribution in [3.63, 3.8) is 0 Å². The maximum Gasteiger partial charge on any atom is 0.349 e. The molecule has 0 aliphatic carbocycles. The molecule has 0 radical (unpaired) electrons. The number of aliphatic hydroxyl groups excluding tert-OH is 4. The molecule has 2 aromatic rings. The molecule has 1 saturated heterocycles. The Morgan fingerprint density at radius 3 is 2.55 bits per heavy atom. The van der Waals surface area contributed by atoms with Gasteiger partial charge in [-0.15, -0.1) is 0 Å². The lowest BCUT2D eigenvalue weighted by Gasteiger charge is -2.39. The first-order valence-electron chi connectivity index (χ1n) is 10.9. The van der Waals surface area contributed by atoms with Crippen LogP contribution in [0.2, 0.25) is 0 Å². The summed E-state index contributed by atoms with van der Waals surface area (Å²) in [6.07, 6.45) is -3.52. The minimum atomic E-state index is -1.58. The van der Waals surface area contributed by atoms with E-state index in [9.17, 15) is 30.0 Å². The van der Waals surface area contributed by atoms with E-state index >= 15 is 0 Å². The van der Waals surface area contributed by atoms with Gasteiger partial charge < -0.3 is 45.4 Å². The minimum absolute atomic E-state index is 0.118. The Morgan fingerprint density at radius 1 is 1.06 bits per heavy atom. The summed E-state index contributed by atoms with van der Waals surface area (Å²) in [6, 6.07) is 5.85. The number of ether oxygens (including phenoxy) is 2. The lowest BCUT2D eigenvalue weighted by molar-refractivity contribution is -0.277. The van der Waals surface area contributed by atoms with Gasteiger partial charge in [-0.2, -0.15) is 0 Å². The molecule has 182 valence electrons. The van der Waals surface area contributed by atoms with Crippen molar-refractivity contribution in [3.05, 3.63) is 40.2 Å². The monoisotopic (exact) mass is 466 g/mol. The van der Waals surface area contributed by atoms with E-state index in [2.05, 4.69) is 5.32 Å². The highest BCUT2D eigenvalue weighted by Crippen LogP contribution is 2.26. The number of aliphatic hydroxyl groups is 4. The van der Waals surface area contributed by atoms with Gasteiger partial charge in [0.15, 0.2) is 0 Å². The molecule has 1 aliphatic rings. The Bertz CT molecular complexity index is 993. The highest BCUT2D eigenvalue weighted by Gasteiger charge is 2.44. The number of nitrogens with two attached hydrogens (primary N) is 1. The highest BCUT2D eigenvalue weighted by molar-refractivity contribution is 5.96. The molecule has 33 heavy (non-hydrogen) atoms. The molecular formula is C22H30N2O9.